The molecule has 0 aliphatic carbocycles. The number of phenols is 1. The molecule has 0 bridgehead atoms. The first-order valence-corrected chi connectivity index (χ1v) is 5.21. The van der Waals surface area contributed by atoms with E-state index in [0.717, 1.165) is 0 Å². The summed E-state index contributed by atoms with van der Waals surface area (Å²) in [6.45, 7) is 0.247. The Morgan fingerprint density at radius 3 is 2.94 bits per heavy atom. The van der Waals surface area contributed by atoms with Crippen molar-refractivity contribution in [1.82, 2.24) is 10.5 Å². The Morgan fingerprint density at radius 1 is 1.47 bits per heavy atom. The first kappa shape index (κ1) is 11.5. The van der Waals surface area contributed by atoms with E-state index in [-0.39, 0.29) is 23.2 Å². The highest BCUT2D eigenvalue weighted by molar-refractivity contribution is 6.32. The molecule has 1 aromatic carbocycles. The van der Waals surface area contributed by atoms with Crippen LogP contribution in [-0.2, 0) is 6.54 Å². The molecule has 0 atom stereocenters. The summed E-state index contributed by atoms with van der Waals surface area (Å²) >= 11 is 5.70. The molecule has 6 heteroatoms. The molecule has 2 aromatic rings. The van der Waals surface area contributed by atoms with Crippen molar-refractivity contribution in [1.29, 1.82) is 0 Å². The molecule has 0 fully saturated rings. The number of hydrogen-bond acceptors (Lipinski definition) is 4. The van der Waals surface area contributed by atoms with Crippen LogP contribution in [0.2, 0.25) is 5.02 Å². The number of aromatic hydroxyl groups is 1. The van der Waals surface area contributed by atoms with E-state index in [1.807, 2.05) is 0 Å². The average Bonchev–Trinajstić information content (AvgIpc) is 2.82. The molecule has 0 aliphatic rings. The molecule has 1 aromatic heterocycles. The third-order valence-electron chi connectivity index (χ3n) is 2.12. The van der Waals surface area contributed by atoms with E-state index >= 15 is 0 Å². The molecular weight excluding hydrogens is 244 g/mol. The van der Waals surface area contributed by atoms with Crippen LogP contribution in [0.25, 0.3) is 0 Å². The number of nitrogens with zero attached hydrogens (tertiary/aromatic N) is 1. The van der Waals surface area contributed by atoms with Crippen LogP contribution in [0.4, 0.5) is 0 Å². The largest absolute Gasteiger partial charge is 0.506 e. The Hall–Kier alpha value is -2.01. The summed E-state index contributed by atoms with van der Waals surface area (Å²) in [7, 11) is 0. The van der Waals surface area contributed by atoms with Crippen LogP contribution in [0.1, 0.15) is 16.1 Å². The summed E-state index contributed by atoms with van der Waals surface area (Å²) in [4.78, 5) is 11.7. The zero-order valence-corrected chi connectivity index (χ0v) is 9.44. The minimum atomic E-state index is -0.302. The van der Waals surface area contributed by atoms with Crippen LogP contribution in [-0.4, -0.2) is 16.2 Å². The van der Waals surface area contributed by atoms with Crippen molar-refractivity contribution in [3.05, 3.63) is 46.8 Å². The van der Waals surface area contributed by atoms with Crippen molar-refractivity contribution < 1.29 is 14.4 Å². The minimum Gasteiger partial charge on any atom is -0.506 e. The van der Waals surface area contributed by atoms with E-state index in [0.29, 0.717) is 11.3 Å². The lowest BCUT2D eigenvalue weighted by Crippen LogP contribution is -2.22. The van der Waals surface area contributed by atoms with Gasteiger partial charge in [0.15, 0.2) is 5.76 Å². The van der Waals surface area contributed by atoms with Crippen LogP contribution in [0.15, 0.2) is 35.0 Å². The van der Waals surface area contributed by atoms with Gasteiger partial charge in [0.05, 0.1) is 17.8 Å². The van der Waals surface area contributed by atoms with Gasteiger partial charge in [-0.3, -0.25) is 4.79 Å². The molecule has 0 unspecified atom stereocenters. The molecule has 0 spiro atoms. The van der Waals surface area contributed by atoms with Crippen molar-refractivity contribution in [2.75, 3.05) is 0 Å². The molecule has 0 saturated heterocycles. The maximum atomic E-state index is 11.7. The Kier molecular flexibility index (Phi) is 3.30. The number of phenolic OH excluding ortho intramolecular Hbond substituents is 1. The number of rotatable bonds is 3. The highest BCUT2D eigenvalue weighted by Crippen LogP contribution is 2.23. The molecule has 0 saturated carbocycles. The van der Waals surface area contributed by atoms with Crippen molar-refractivity contribution in [3.63, 3.8) is 0 Å². The van der Waals surface area contributed by atoms with E-state index < -0.39 is 0 Å². The van der Waals surface area contributed by atoms with Crippen molar-refractivity contribution in [3.8, 4) is 5.75 Å². The quantitative estimate of drug-likeness (QED) is 0.876. The van der Waals surface area contributed by atoms with Crippen LogP contribution >= 0.6 is 11.6 Å². The number of hydrogen-bond donors (Lipinski definition) is 2. The summed E-state index contributed by atoms with van der Waals surface area (Å²) in [6.07, 6.45) is 1.50. The molecule has 2 rings (SSSR count). The van der Waals surface area contributed by atoms with Gasteiger partial charge >= 0.3 is 0 Å². The average molecular weight is 253 g/mol. The number of halogens is 1. The van der Waals surface area contributed by atoms with Gasteiger partial charge in [-0.25, -0.2) is 0 Å². The number of carbonyl (C=O) groups is 1. The highest BCUT2D eigenvalue weighted by atomic mass is 35.5. The fourth-order valence-corrected chi connectivity index (χ4v) is 1.43. The van der Waals surface area contributed by atoms with Crippen LogP contribution in [0.3, 0.4) is 0 Å². The van der Waals surface area contributed by atoms with Gasteiger partial charge in [0, 0.05) is 11.6 Å². The van der Waals surface area contributed by atoms with Gasteiger partial charge in [-0.2, -0.15) is 0 Å². The second kappa shape index (κ2) is 4.88. The summed E-state index contributed by atoms with van der Waals surface area (Å²) in [5.41, 5.74) is 0.368. The monoisotopic (exact) mass is 252 g/mol. The first-order chi connectivity index (χ1) is 8.16. The van der Waals surface area contributed by atoms with Gasteiger partial charge in [0.25, 0.3) is 5.91 Å². The summed E-state index contributed by atoms with van der Waals surface area (Å²) < 4.78 is 4.83. The smallest absolute Gasteiger partial charge is 0.251 e. The molecule has 5 nitrogen and oxygen atoms in total. The predicted octanol–water partition coefficient (Wildman–Crippen LogP) is 1.96. The van der Waals surface area contributed by atoms with Gasteiger partial charge in [-0.15, -0.1) is 0 Å². The molecule has 1 heterocycles. The topological polar surface area (TPSA) is 75.4 Å². The number of benzene rings is 1. The lowest BCUT2D eigenvalue weighted by atomic mass is 10.2. The van der Waals surface area contributed by atoms with E-state index in [1.165, 1.54) is 24.4 Å². The Balaban J connectivity index is 2.02. The maximum absolute atomic E-state index is 11.7. The fraction of sp³-hybridized carbons (Fsp3) is 0.0909. The third kappa shape index (κ3) is 2.76. The third-order valence-corrected chi connectivity index (χ3v) is 2.43. The van der Waals surface area contributed by atoms with E-state index in [2.05, 4.69) is 10.5 Å². The standard InChI is InChI=1S/C11H9ClN2O3/c12-9-5-7(1-2-10(9)15)11(16)13-6-8-3-4-14-17-8/h1-5,15H,6H2,(H,13,16). The van der Waals surface area contributed by atoms with Gasteiger partial charge in [0.1, 0.15) is 5.75 Å². The molecule has 0 radical (unpaired) electrons. The second-order valence-electron chi connectivity index (χ2n) is 3.33. The van der Waals surface area contributed by atoms with Crippen LogP contribution < -0.4 is 5.32 Å². The van der Waals surface area contributed by atoms with E-state index in [4.69, 9.17) is 16.1 Å². The lowest BCUT2D eigenvalue weighted by molar-refractivity contribution is 0.0947. The van der Waals surface area contributed by atoms with Crippen LogP contribution in [0, 0.1) is 0 Å². The first-order valence-electron chi connectivity index (χ1n) is 4.83. The zero-order chi connectivity index (χ0) is 12.3. The van der Waals surface area contributed by atoms with Gasteiger partial charge in [-0.05, 0) is 18.2 Å². The molecule has 0 aliphatic heterocycles. The number of aromatic nitrogens is 1. The minimum absolute atomic E-state index is 0.0570. The Morgan fingerprint density at radius 2 is 2.29 bits per heavy atom. The lowest BCUT2D eigenvalue weighted by Gasteiger charge is -2.04. The van der Waals surface area contributed by atoms with E-state index in [1.54, 1.807) is 6.07 Å². The van der Waals surface area contributed by atoms with E-state index in [9.17, 15) is 9.90 Å². The zero-order valence-electron chi connectivity index (χ0n) is 8.68. The Bertz CT molecular complexity index is 526. The molecule has 17 heavy (non-hydrogen) atoms. The molecule has 1 amide bonds. The van der Waals surface area contributed by atoms with Crippen LogP contribution in [0.5, 0.6) is 5.75 Å². The number of amides is 1. The normalized spacial score (nSPS) is 10.2. The predicted molar refractivity (Wildman–Crippen MR) is 60.8 cm³/mol. The van der Waals surface area contributed by atoms with Crippen molar-refractivity contribution in [2.45, 2.75) is 6.54 Å². The number of nitrogens with one attached hydrogen (secondary N) is 1. The maximum Gasteiger partial charge on any atom is 0.251 e. The molecular formula is C11H9ClN2O3. The number of carbonyl (C=O) groups excluding carboxylic acids is 1. The highest BCUT2D eigenvalue weighted by Gasteiger charge is 2.08. The van der Waals surface area contributed by atoms with Crippen molar-refractivity contribution in [2.24, 2.45) is 0 Å². The van der Waals surface area contributed by atoms with Gasteiger partial charge < -0.3 is 14.9 Å². The summed E-state index contributed by atoms with van der Waals surface area (Å²) in [5.74, 6) is 0.199. The molecule has 2 N–H and O–H groups in total. The second-order valence-corrected chi connectivity index (χ2v) is 3.73. The summed E-state index contributed by atoms with van der Waals surface area (Å²) in [5, 5.41) is 15.5. The van der Waals surface area contributed by atoms with Gasteiger partial charge in [0.2, 0.25) is 0 Å². The molecule has 88 valence electrons. The van der Waals surface area contributed by atoms with Crippen molar-refractivity contribution >= 4 is 17.5 Å². The Labute approximate surface area is 102 Å². The summed E-state index contributed by atoms with van der Waals surface area (Å²) in [6, 6.07) is 5.90. The SMILES string of the molecule is O=C(NCc1ccno1)c1ccc(O)c(Cl)c1. The van der Waals surface area contributed by atoms with Gasteiger partial charge in [-0.1, -0.05) is 16.8 Å². The fourth-order valence-electron chi connectivity index (χ4n) is 1.25.